The van der Waals surface area contributed by atoms with Crippen LogP contribution in [0, 0.1) is 0 Å². The fourth-order valence-electron chi connectivity index (χ4n) is 1.94. The van der Waals surface area contributed by atoms with Gasteiger partial charge in [0.05, 0.1) is 34.1 Å². The van der Waals surface area contributed by atoms with Crippen LogP contribution in [0.4, 0.5) is 14.5 Å². The Morgan fingerprint density at radius 3 is 2.61 bits per heavy atom. The van der Waals surface area contributed by atoms with E-state index in [1.807, 2.05) is 0 Å². The van der Waals surface area contributed by atoms with Gasteiger partial charge in [-0.25, -0.2) is 18.6 Å². The van der Waals surface area contributed by atoms with Crippen molar-refractivity contribution in [3.63, 3.8) is 0 Å². The Bertz CT molecular complexity index is 785. The average molecular weight is 363 g/mol. The summed E-state index contributed by atoms with van der Waals surface area (Å²) in [7, 11) is 1.11. The van der Waals surface area contributed by atoms with Gasteiger partial charge < -0.3 is 15.6 Å². The topological polar surface area (TPSA) is 85.4 Å². The van der Waals surface area contributed by atoms with Gasteiger partial charge in [0, 0.05) is 5.56 Å². The molecule has 3 N–H and O–H groups in total. The van der Waals surface area contributed by atoms with E-state index < -0.39 is 23.7 Å². The molecule has 2 rings (SSSR count). The van der Waals surface area contributed by atoms with Gasteiger partial charge in [-0.3, -0.25) is 0 Å². The number of halogens is 4. The van der Waals surface area contributed by atoms with Crippen LogP contribution in [0.1, 0.15) is 22.5 Å². The van der Waals surface area contributed by atoms with E-state index in [-0.39, 0.29) is 32.7 Å². The van der Waals surface area contributed by atoms with E-state index in [1.165, 1.54) is 18.2 Å². The summed E-state index contributed by atoms with van der Waals surface area (Å²) in [5, 5.41) is 9.38. The number of rotatable bonds is 3. The maximum absolute atomic E-state index is 13.3. The number of hydrogen-bond acceptors (Lipinski definition) is 5. The van der Waals surface area contributed by atoms with E-state index >= 15 is 0 Å². The van der Waals surface area contributed by atoms with E-state index in [2.05, 4.69) is 9.72 Å². The number of alkyl halides is 2. The minimum atomic E-state index is -3.02. The lowest BCUT2D eigenvalue weighted by Gasteiger charge is -2.13. The molecule has 0 aliphatic rings. The molecule has 5 nitrogen and oxygen atoms in total. The number of carbonyl (C=O) groups excluding carboxylic acids is 1. The molecule has 0 amide bonds. The highest BCUT2D eigenvalue weighted by molar-refractivity contribution is 6.35. The summed E-state index contributed by atoms with van der Waals surface area (Å²) < 4.78 is 31.1. The highest BCUT2D eigenvalue weighted by Crippen LogP contribution is 2.41. The first kappa shape index (κ1) is 17.2. The third-order valence-corrected chi connectivity index (χ3v) is 3.73. The fraction of sp³-hybridized carbons (Fsp3) is 0.143. The quantitative estimate of drug-likeness (QED) is 0.803. The lowest BCUT2D eigenvalue weighted by molar-refractivity contribution is 0.0594. The van der Waals surface area contributed by atoms with Gasteiger partial charge >= 0.3 is 5.97 Å². The zero-order valence-corrected chi connectivity index (χ0v) is 13.1. The number of phenolic OH excluding ortho intramolecular Hbond substituents is 1. The number of benzene rings is 1. The van der Waals surface area contributed by atoms with E-state index in [0.29, 0.717) is 0 Å². The molecule has 122 valence electrons. The van der Waals surface area contributed by atoms with Crippen molar-refractivity contribution >= 4 is 34.9 Å². The summed E-state index contributed by atoms with van der Waals surface area (Å²) in [4.78, 5) is 15.6. The lowest BCUT2D eigenvalue weighted by Crippen LogP contribution is -2.08. The number of aromatic nitrogens is 1. The summed E-state index contributed by atoms with van der Waals surface area (Å²) in [5.74, 6) is -1.64. The molecular weight excluding hydrogens is 353 g/mol. The number of nitrogens with zero attached hydrogens (tertiary/aromatic N) is 1. The molecular formula is C14H10Cl2F2N2O3. The number of nitrogens with two attached hydrogens (primary N) is 1. The van der Waals surface area contributed by atoms with Crippen LogP contribution in [0.5, 0.6) is 5.75 Å². The number of aromatic hydroxyl groups is 1. The van der Waals surface area contributed by atoms with Crippen molar-refractivity contribution in [2.45, 2.75) is 6.43 Å². The first-order valence-electron chi connectivity index (χ1n) is 6.12. The minimum absolute atomic E-state index is 0.0493. The van der Waals surface area contributed by atoms with Crippen LogP contribution in [0.15, 0.2) is 18.2 Å². The Balaban J connectivity index is 2.75. The van der Waals surface area contributed by atoms with Gasteiger partial charge in [-0.1, -0.05) is 29.3 Å². The van der Waals surface area contributed by atoms with Crippen molar-refractivity contribution in [2.75, 3.05) is 12.8 Å². The molecule has 0 atom stereocenters. The first-order chi connectivity index (χ1) is 10.8. The van der Waals surface area contributed by atoms with Crippen LogP contribution in [0.2, 0.25) is 10.0 Å². The fourth-order valence-corrected chi connectivity index (χ4v) is 2.28. The molecule has 0 saturated carbocycles. The number of pyridine rings is 1. The molecule has 0 saturated heterocycles. The second-order valence-electron chi connectivity index (χ2n) is 4.41. The third-order valence-electron chi connectivity index (χ3n) is 3.03. The maximum atomic E-state index is 13.3. The van der Waals surface area contributed by atoms with E-state index in [9.17, 15) is 18.7 Å². The maximum Gasteiger partial charge on any atom is 0.358 e. The number of phenols is 1. The van der Waals surface area contributed by atoms with Gasteiger partial charge in [-0.05, 0) is 12.1 Å². The standard InChI is InChI=1S/C14H10Cl2F2N2O3/c1-23-14(22)11-10(16)7(19)4-8(20-11)5-2-3-6(15)12(21)9(5)13(17)18/h2-4,13,21H,1H3,(H2,19,20). The van der Waals surface area contributed by atoms with Crippen LogP contribution in [0.3, 0.4) is 0 Å². The molecule has 0 unspecified atom stereocenters. The van der Waals surface area contributed by atoms with Crippen molar-refractivity contribution in [1.29, 1.82) is 0 Å². The van der Waals surface area contributed by atoms with Gasteiger partial charge in [-0.2, -0.15) is 0 Å². The largest absolute Gasteiger partial charge is 0.506 e. The predicted molar refractivity (Wildman–Crippen MR) is 82.1 cm³/mol. The van der Waals surface area contributed by atoms with Crippen LogP contribution >= 0.6 is 23.2 Å². The van der Waals surface area contributed by atoms with Crippen molar-refractivity contribution in [1.82, 2.24) is 4.98 Å². The van der Waals surface area contributed by atoms with Crippen LogP contribution < -0.4 is 5.73 Å². The zero-order chi connectivity index (χ0) is 17.3. The zero-order valence-electron chi connectivity index (χ0n) is 11.6. The smallest absolute Gasteiger partial charge is 0.358 e. The molecule has 1 aromatic carbocycles. The average Bonchev–Trinajstić information content (AvgIpc) is 2.51. The van der Waals surface area contributed by atoms with E-state index in [4.69, 9.17) is 28.9 Å². The normalized spacial score (nSPS) is 10.9. The summed E-state index contributed by atoms with van der Waals surface area (Å²) in [6.07, 6.45) is -3.02. The monoisotopic (exact) mass is 362 g/mol. The molecule has 9 heteroatoms. The molecule has 1 aromatic heterocycles. The van der Waals surface area contributed by atoms with Gasteiger partial charge in [0.15, 0.2) is 5.69 Å². The number of esters is 1. The summed E-state index contributed by atoms with van der Waals surface area (Å²) >= 11 is 11.5. The van der Waals surface area contributed by atoms with Crippen LogP contribution in [-0.4, -0.2) is 23.2 Å². The van der Waals surface area contributed by atoms with Crippen molar-refractivity contribution < 1.29 is 23.4 Å². The number of carbonyl (C=O) groups is 1. The molecule has 0 bridgehead atoms. The predicted octanol–water partition coefficient (Wildman–Crippen LogP) is 4.07. The summed E-state index contributed by atoms with van der Waals surface area (Å²) in [6, 6.07) is 3.67. The SMILES string of the molecule is COC(=O)c1nc(-c2ccc(Cl)c(O)c2C(F)F)cc(N)c1Cl. The Hall–Kier alpha value is -2.12. The molecule has 2 aromatic rings. The molecule has 23 heavy (non-hydrogen) atoms. The Morgan fingerprint density at radius 2 is 2.04 bits per heavy atom. The second kappa shape index (κ2) is 6.55. The number of nitrogen functional groups attached to an aromatic ring is 1. The van der Waals surface area contributed by atoms with Gasteiger partial charge in [0.1, 0.15) is 5.75 Å². The Labute approximate surface area is 139 Å². The molecule has 0 radical (unpaired) electrons. The van der Waals surface area contributed by atoms with Crippen molar-refractivity contribution in [3.8, 4) is 17.0 Å². The second-order valence-corrected chi connectivity index (χ2v) is 5.19. The van der Waals surface area contributed by atoms with Gasteiger partial charge in [0.25, 0.3) is 6.43 Å². The molecule has 0 aliphatic heterocycles. The first-order valence-corrected chi connectivity index (χ1v) is 6.87. The lowest BCUT2D eigenvalue weighted by atomic mass is 10.0. The Kier molecular flexibility index (Phi) is 4.91. The minimum Gasteiger partial charge on any atom is -0.506 e. The van der Waals surface area contributed by atoms with Gasteiger partial charge in [-0.15, -0.1) is 0 Å². The van der Waals surface area contributed by atoms with Crippen molar-refractivity contribution in [3.05, 3.63) is 39.5 Å². The number of anilines is 1. The van der Waals surface area contributed by atoms with E-state index in [0.717, 1.165) is 7.11 Å². The Morgan fingerprint density at radius 1 is 1.39 bits per heavy atom. The highest BCUT2D eigenvalue weighted by Gasteiger charge is 2.24. The number of methoxy groups -OCH3 is 1. The van der Waals surface area contributed by atoms with E-state index in [1.54, 1.807) is 0 Å². The van der Waals surface area contributed by atoms with Crippen LogP contribution in [0.25, 0.3) is 11.3 Å². The number of hydrogen-bond donors (Lipinski definition) is 2. The van der Waals surface area contributed by atoms with Gasteiger partial charge in [0.2, 0.25) is 0 Å². The molecule has 1 heterocycles. The third kappa shape index (κ3) is 3.16. The van der Waals surface area contributed by atoms with Crippen LogP contribution in [-0.2, 0) is 4.74 Å². The molecule has 0 aliphatic carbocycles. The highest BCUT2D eigenvalue weighted by atomic mass is 35.5. The summed E-state index contributed by atoms with van der Waals surface area (Å²) in [6.45, 7) is 0. The molecule has 0 fully saturated rings. The molecule has 0 spiro atoms. The van der Waals surface area contributed by atoms with Crippen molar-refractivity contribution in [2.24, 2.45) is 0 Å². The summed E-state index contributed by atoms with van der Waals surface area (Å²) in [5.41, 5.74) is 4.40. The number of ether oxygens (including phenoxy) is 1.